The maximum Gasteiger partial charge on any atom is 0.130 e. The average Bonchev–Trinajstić information content (AvgIpc) is 2.79. The fourth-order valence-electron chi connectivity index (χ4n) is 2.52. The van der Waals surface area contributed by atoms with Crippen LogP contribution in [-0.2, 0) is 13.6 Å². The zero-order valence-electron chi connectivity index (χ0n) is 13.0. The summed E-state index contributed by atoms with van der Waals surface area (Å²) < 4.78 is 1.88. The zero-order chi connectivity index (χ0) is 15.5. The topological polar surface area (TPSA) is 55.6 Å². The summed E-state index contributed by atoms with van der Waals surface area (Å²) in [5, 5.41) is 7.78. The van der Waals surface area contributed by atoms with Crippen molar-refractivity contribution < 1.29 is 0 Å². The number of benzene rings is 1. The Morgan fingerprint density at radius 1 is 1.09 bits per heavy atom. The molecule has 0 fully saturated rings. The Labute approximate surface area is 130 Å². The van der Waals surface area contributed by atoms with Crippen LogP contribution in [0.5, 0.6) is 0 Å². The van der Waals surface area contributed by atoms with Crippen LogP contribution in [-0.4, -0.2) is 19.7 Å². The first-order valence-corrected chi connectivity index (χ1v) is 7.25. The summed E-state index contributed by atoms with van der Waals surface area (Å²) in [6.07, 6.45) is 1.59. The second-order valence-corrected chi connectivity index (χ2v) is 5.30. The zero-order valence-corrected chi connectivity index (χ0v) is 13.0. The van der Waals surface area contributed by atoms with Gasteiger partial charge in [0.2, 0.25) is 0 Å². The van der Waals surface area contributed by atoms with Crippen molar-refractivity contribution in [1.82, 2.24) is 19.7 Å². The van der Waals surface area contributed by atoms with E-state index in [4.69, 9.17) is 0 Å². The molecule has 0 saturated heterocycles. The third kappa shape index (κ3) is 2.83. The van der Waals surface area contributed by atoms with Crippen LogP contribution in [0.15, 0.2) is 42.7 Å². The number of aromatic nitrogens is 4. The van der Waals surface area contributed by atoms with Crippen molar-refractivity contribution in [3.63, 3.8) is 0 Å². The van der Waals surface area contributed by atoms with Gasteiger partial charge in [-0.25, -0.2) is 9.97 Å². The van der Waals surface area contributed by atoms with E-state index in [1.807, 2.05) is 42.9 Å². The number of aryl methyl sites for hydroxylation is 2. The van der Waals surface area contributed by atoms with Crippen molar-refractivity contribution in [1.29, 1.82) is 0 Å². The van der Waals surface area contributed by atoms with Crippen LogP contribution < -0.4 is 5.32 Å². The first-order chi connectivity index (χ1) is 10.6. The van der Waals surface area contributed by atoms with Crippen LogP contribution in [0.1, 0.15) is 17.0 Å². The molecule has 2 aromatic heterocycles. The Morgan fingerprint density at radius 2 is 1.86 bits per heavy atom. The molecule has 1 aromatic carbocycles. The molecule has 3 rings (SSSR count). The van der Waals surface area contributed by atoms with E-state index < -0.39 is 0 Å². The van der Waals surface area contributed by atoms with Gasteiger partial charge >= 0.3 is 0 Å². The highest BCUT2D eigenvalue weighted by molar-refractivity contribution is 5.67. The third-order valence-corrected chi connectivity index (χ3v) is 3.75. The molecular weight excluding hydrogens is 274 g/mol. The lowest BCUT2D eigenvalue weighted by atomic mass is 10.1. The number of anilines is 1. The predicted molar refractivity (Wildman–Crippen MR) is 87.5 cm³/mol. The number of rotatable bonds is 4. The van der Waals surface area contributed by atoms with Crippen LogP contribution in [0.25, 0.3) is 11.3 Å². The maximum absolute atomic E-state index is 4.45. The smallest absolute Gasteiger partial charge is 0.130 e. The fourth-order valence-corrected chi connectivity index (χ4v) is 2.52. The summed E-state index contributed by atoms with van der Waals surface area (Å²) >= 11 is 0. The SMILES string of the molecule is Cc1nn(C)c(C)c1-c1cc(NCc2ccccc2)ncn1. The highest BCUT2D eigenvalue weighted by Gasteiger charge is 2.13. The van der Waals surface area contributed by atoms with E-state index in [0.717, 1.165) is 35.0 Å². The molecule has 2 heterocycles. The molecular formula is C17H19N5. The van der Waals surface area contributed by atoms with Crippen molar-refractivity contribution in [2.24, 2.45) is 7.05 Å². The molecule has 3 aromatic rings. The van der Waals surface area contributed by atoms with Crippen LogP contribution in [0.2, 0.25) is 0 Å². The fraction of sp³-hybridized carbons (Fsp3) is 0.235. The summed E-state index contributed by atoms with van der Waals surface area (Å²) in [5.74, 6) is 0.816. The minimum absolute atomic E-state index is 0.738. The lowest BCUT2D eigenvalue weighted by Gasteiger charge is -2.07. The number of nitrogens with one attached hydrogen (secondary N) is 1. The quantitative estimate of drug-likeness (QED) is 0.803. The van der Waals surface area contributed by atoms with Crippen LogP contribution >= 0.6 is 0 Å². The third-order valence-electron chi connectivity index (χ3n) is 3.75. The second kappa shape index (κ2) is 5.97. The molecule has 0 radical (unpaired) electrons. The molecule has 0 unspecified atom stereocenters. The van der Waals surface area contributed by atoms with Crippen molar-refractivity contribution in [3.8, 4) is 11.3 Å². The van der Waals surface area contributed by atoms with E-state index in [2.05, 4.69) is 39.4 Å². The highest BCUT2D eigenvalue weighted by atomic mass is 15.3. The van der Waals surface area contributed by atoms with E-state index in [9.17, 15) is 0 Å². The Morgan fingerprint density at radius 3 is 2.55 bits per heavy atom. The second-order valence-electron chi connectivity index (χ2n) is 5.30. The molecule has 0 saturated carbocycles. The van der Waals surface area contributed by atoms with Crippen molar-refractivity contribution in [2.75, 3.05) is 5.32 Å². The number of nitrogens with zero attached hydrogens (tertiary/aromatic N) is 4. The minimum Gasteiger partial charge on any atom is -0.366 e. The first-order valence-electron chi connectivity index (χ1n) is 7.25. The van der Waals surface area contributed by atoms with Crippen LogP contribution in [0.4, 0.5) is 5.82 Å². The van der Waals surface area contributed by atoms with Gasteiger partial charge in [0.15, 0.2) is 0 Å². The molecule has 0 spiro atoms. The molecule has 22 heavy (non-hydrogen) atoms. The van der Waals surface area contributed by atoms with Gasteiger partial charge in [0.25, 0.3) is 0 Å². The molecule has 5 nitrogen and oxygen atoms in total. The molecule has 0 aliphatic rings. The largest absolute Gasteiger partial charge is 0.366 e. The summed E-state index contributed by atoms with van der Waals surface area (Å²) in [6, 6.07) is 12.2. The number of hydrogen-bond acceptors (Lipinski definition) is 4. The van der Waals surface area contributed by atoms with E-state index in [1.165, 1.54) is 5.56 Å². The van der Waals surface area contributed by atoms with Gasteiger partial charge in [-0.1, -0.05) is 30.3 Å². The van der Waals surface area contributed by atoms with E-state index in [0.29, 0.717) is 0 Å². The first kappa shape index (κ1) is 14.3. The molecule has 0 bridgehead atoms. The van der Waals surface area contributed by atoms with E-state index >= 15 is 0 Å². The Kier molecular flexibility index (Phi) is 3.87. The highest BCUT2D eigenvalue weighted by Crippen LogP contribution is 2.25. The molecule has 0 aliphatic carbocycles. The Balaban J connectivity index is 1.84. The van der Waals surface area contributed by atoms with Gasteiger partial charge in [-0.2, -0.15) is 5.10 Å². The van der Waals surface area contributed by atoms with Gasteiger partial charge in [-0.15, -0.1) is 0 Å². The monoisotopic (exact) mass is 293 g/mol. The maximum atomic E-state index is 4.45. The van der Waals surface area contributed by atoms with Gasteiger partial charge in [0.1, 0.15) is 12.1 Å². The standard InChI is InChI=1S/C17H19N5/c1-12-17(13(2)22(3)21-12)15-9-16(20-11-19-15)18-10-14-7-5-4-6-8-14/h4-9,11H,10H2,1-3H3,(H,18,19,20). The molecule has 0 atom stereocenters. The Bertz CT molecular complexity index is 777. The number of hydrogen-bond donors (Lipinski definition) is 1. The Hall–Kier alpha value is -2.69. The van der Waals surface area contributed by atoms with Gasteiger partial charge < -0.3 is 5.32 Å². The van der Waals surface area contributed by atoms with Crippen LogP contribution in [0.3, 0.4) is 0 Å². The van der Waals surface area contributed by atoms with Crippen molar-refractivity contribution in [2.45, 2.75) is 20.4 Å². The van der Waals surface area contributed by atoms with Gasteiger partial charge in [-0.05, 0) is 19.4 Å². The van der Waals surface area contributed by atoms with Crippen LogP contribution in [0, 0.1) is 13.8 Å². The summed E-state index contributed by atoms with van der Waals surface area (Å²) in [4.78, 5) is 8.69. The molecule has 0 aliphatic heterocycles. The van der Waals surface area contributed by atoms with Crippen molar-refractivity contribution in [3.05, 3.63) is 59.7 Å². The molecule has 1 N–H and O–H groups in total. The van der Waals surface area contributed by atoms with Crippen molar-refractivity contribution >= 4 is 5.82 Å². The lowest BCUT2D eigenvalue weighted by molar-refractivity contribution is 0.731. The summed E-state index contributed by atoms with van der Waals surface area (Å²) in [7, 11) is 1.95. The minimum atomic E-state index is 0.738. The molecule has 5 heteroatoms. The lowest BCUT2D eigenvalue weighted by Crippen LogP contribution is -2.02. The van der Waals surface area contributed by atoms with Gasteiger partial charge in [0.05, 0.1) is 11.4 Å². The normalized spacial score (nSPS) is 10.7. The molecule has 112 valence electrons. The predicted octanol–water partition coefficient (Wildman–Crippen LogP) is 3.11. The summed E-state index contributed by atoms with van der Waals surface area (Å²) in [5.41, 5.74) is 5.27. The van der Waals surface area contributed by atoms with E-state index in [-0.39, 0.29) is 0 Å². The molecule has 0 amide bonds. The van der Waals surface area contributed by atoms with Gasteiger partial charge in [-0.3, -0.25) is 4.68 Å². The van der Waals surface area contributed by atoms with E-state index in [1.54, 1.807) is 6.33 Å². The average molecular weight is 293 g/mol. The summed E-state index contributed by atoms with van der Waals surface area (Å²) in [6.45, 7) is 4.79. The van der Waals surface area contributed by atoms with Gasteiger partial charge in [0, 0.05) is 30.9 Å².